The maximum Gasteiger partial charge on any atom is 0.335 e. The molecule has 1 aromatic carbocycles. The van der Waals surface area contributed by atoms with Gasteiger partial charge >= 0.3 is 16.2 Å². The average Bonchev–Trinajstić information content (AvgIpc) is 2.37. The third-order valence-electron chi connectivity index (χ3n) is 2.69. The molecule has 0 aromatic heterocycles. The summed E-state index contributed by atoms with van der Waals surface area (Å²) in [5.74, 6) is -1.12. The minimum atomic E-state index is -3.69. The van der Waals surface area contributed by atoms with E-state index in [-0.39, 0.29) is 16.3 Å². The van der Waals surface area contributed by atoms with Crippen LogP contribution in [-0.2, 0) is 10.2 Å². The topological polar surface area (TPSA) is 86.7 Å². The Hall–Kier alpha value is -1.31. The van der Waals surface area contributed by atoms with Crippen molar-refractivity contribution in [1.29, 1.82) is 0 Å². The van der Waals surface area contributed by atoms with Gasteiger partial charge in [0.2, 0.25) is 0 Å². The van der Waals surface area contributed by atoms with Gasteiger partial charge in [-0.25, -0.2) is 4.79 Å². The van der Waals surface area contributed by atoms with Gasteiger partial charge in [0.1, 0.15) is 0 Å². The Kier molecular flexibility index (Phi) is 5.79. The molecule has 1 aromatic rings. The lowest BCUT2D eigenvalue weighted by molar-refractivity contribution is 0.0697. The van der Waals surface area contributed by atoms with E-state index >= 15 is 0 Å². The zero-order valence-corrected chi connectivity index (χ0v) is 12.8. The molecule has 0 unspecified atom stereocenters. The van der Waals surface area contributed by atoms with Gasteiger partial charge in [-0.1, -0.05) is 24.9 Å². The van der Waals surface area contributed by atoms with Gasteiger partial charge in [-0.05, 0) is 24.6 Å². The van der Waals surface area contributed by atoms with E-state index in [2.05, 4.69) is 4.72 Å². The van der Waals surface area contributed by atoms with Crippen molar-refractivity contribution in [3.8, 4) is 0 Å². The van der Waals surface area contributed by atoms with Crippen LogP contribution in [0.3, 0.4) is 0 Å². The van der Waals surface area contributed by atoms with E-state index in [1.807, 2.05) is 6.92 Å². The van der Waals surface area contributed by atoms with Crippen LogP contribution in [0.4, 0.5) is 5.69 Å². The van der Waals surface area contributed by atoms with E-state index in [1.165, 1.54) is 29.6 Å². The Bertz CT molecular complexity index is 589. The standard InChI is InChI=1S/C12H17ClN2O4S/c1-3-4-7-15(2)20(18,19)14-11-6-5-9(12(16)17)8-10(11)13/h5-6,8,14H,3-4,7H2,1-2H3,(H,16,17). The fourth-order valence-corrected chi connectivity index (χ4v) is 2.71. The number of halogens is 1. The molecule has 0 atom stereocenters. The van der Waals surface area contributed by atoms with E-state index in [0.29, 0.717) is 6.54 Å². The lowest BCUT2D eigenvalue weighted by Gasteiger charge is -2.18. The van der Waals surface area contributed by atoms with Crippen LogP contribution in [0.25, 0.3) is 0 Å². The van der Waals surface area contributed by atoms with Crippen molar-refractivity contribution in [2.24, 2.45) is 0 Å². The van der Waals surface area contributed by atoms with E-state index in [9.17, 15) is 13.2 Å². The number of aromatic carboxylic acids is 1. The van der Waals surface area contributed by atoms with E-state index in [1.54, 1.807) is 0 Å². The number of nitrogens with one attached hydrogen (secondary N) is 1. The van der Waals surface area contributed by atoms with Crippen molar-refractivity contribution in [3.63, 3.8) is 0 Å². The molecule has 0 aliphatic heterocycles. The first-order chi connectivity index (χ1) is 9.27. The molecule has 2 N–H and O–H groups in total. The van der Waals surface area contributed by atoms with E-state index in [0.717, 1.165) is 12.8 Å². The molecule has 112 valence electrons. The predicted molar refractivity (Wildman–Crippen MR) is 78.5 cm³/mol. The van der Waals surface area contributed by atoms with Crippen LogP contribution in [0.15, 0.2) is 18.2 Å². The molecular weight excluding hydrogens is 304 g/mol. The lowest BCUT2D eigenvalue weighted by atomic mass is 10.2. The number of carboxylic acids is 1. The third-order valence-corrected chi connectivity index (χ3v) is 4.49. The van der Waals surface area contributed by atoms with Crippen molar-refractivity contribution in [2.45, 2.75) is 19.8 Å². The SMILES string of the molecule is CCCCN(C)S(=O)(=O)Nc1ccc(C(=O)O)cc1Cl. The number of rotatable bonds is 7. The second-order valence-corrected chi connectivity index (χ2v) is 6.47. The highest BCUT2D eigenvalue weighted by Gasteiger charge is 2.18. The molecule has 0 radical (unpaired) electrons. The maximum atomic E-state index is 12.0. The Morgan fingerprint density at radius 3 is 2.60 bits per heavy atom. The summed E-state index contributed by atoms with van der Waals surface area (Å²) in [7, 11) is -2.22. The van der Waals surface area contributed by atoms with Gasteiger partial charge < -0.3 is 5.11 Å². The van der Waals surface area contributed by atoms with Crippen molar-refractivity contribution in [2.75, 3.05) is 18.3 Å². The summed E-state index contributed by atoms with van der Waals surface area (Å²) in [6.45, 7) is 2.37. The molecular formula is C12H17ClN2O4S. The highest BCUT2D eigenvalue weighted by molar-refractivity contribution is 7.90. The second-order valence-electron chi connectivity index (χ2n) is 4.28. The third kappa shape index (κ3) is 4.36. The van der Waals surface area contributed by atoms with Gasteiger partial charge in [0, 0.05) is 13.6 Å². The van der Waals surface area contributed by atoms with Gasteiger partial charge in [-0.3, -0.25) is 4.72 Å². The fourth-order valence-electron chi connectivity index (χ4n) is 1.45. The molecule has 0 saturated carbocycles. The zero-order chi connectivity index (χ0) is 15.3. The Morgan fingerprint density at radius 2 is 2.10 bits per heavy atom. The summed E-state index contributed by atoms with van der Waals surface area (Å²) in [6.07, 6.45) is 1.64. The summed E-state index contributed by atoms with van der Waals surface area (Å²) in [5.41, 5.74) is 0.150. The minimum absolute atomic E-state index is 0.00251. The molecule has 0 spiro atoms. The smallest absolute Gasteiger partial charge is 0.335 e. The number of hydrogen-bond donors (Lipinski definition) is 2. The molecule has 0 fully saturated rings. The minimum Gasteiger partial charge on any atom is -0.478 e. The number of anilines is 1. The zero-order valence-electron chi connectivity index (χ0n) is 11.3. The van der Waals surface area contributed by atoms with Crippen LogP contribution < -0.4 is 4.72 Å². The molecule has 6 nitrogen and oxygen atoms in total. The fraction of sp³-hybridized carbons (Fsp3) is 0.417. The summed E-state index contributed by atoms with van der Waals surface area (Å²) >= 11 is 5.88. The number of unbranched alkanes of at least 4 members (excludes halogenated alkanes) is 1. The van der Waals surface area contributed by atoms with Crippen molar-refractivity contribution in [1.82, 2.24) is 4.31 Å². The van der Waals surface area contributed by atoms with Crippen LogP contribution in [-0.4, -0.2) is 37.4 Å². The van der Waals surface area contributed by atoms with Crippen LogP contribution >= 0.6 is 11.6 Å². The van der Waals surface area contributed by atoms with Crippen molar-refractivity contribution in [3.05, 3.63) is 28.8 Å². The molecule has 1 rings (SSSR count). The van der Waals surface area contributed by atoms with Gasteiger partial charge in [0.25, 0.3) is 0 Å². The number of benzene rings is 1. The number of carbonyl (C=O) groups is 1. The van der Waals surface area contributed by atoms with Crippen LogP contribution in [0.5, 0.6) is 0 Å². The Balaban J connectivity index is 2.90. The number of hydrogen-bond acceptors (Lipinski definition) is 3. The molecule has 0 aliphatic carbocycles. The molecule has 0 heterocycles. The second kappa shape index (κ2) is 6.92. The van der Waals surface area contributed by atoms with Gasteiger partial charge in [0.05, 0.1) is 16.3 Å². The van der Waals surface area contributed by atoms with Crippen LogP contribution in [0, 0.1) is 0 Å². The quantitative estimate of drug-likeness (QED) is 0.807. The van der Waals surface area contributed by atoms with Crippen LogP contribution in [0.1, 0.15) is 30.1 Å². The lowest BCUT2D eigenvalue weighted by Crippen LogP contribution is -2.33. The first kappa shape index (κ1) is 16.7. The summed E-state index contributed by atoms with van der Waals surface area (Å²) in [4.78, 5) is 10.8. The summed E-state index contributed by atoms with van der Waals surface area (Å²) < 4.78 is 27.6. The van der Waals surface area contributed by atoms with Crippen molar-refractivity contribution >= 4 is 33.5 Å². The molecule has 20 heavy (non-hydrogen) atoms. The summed E-state index contributed by atoms with van der Waals surface area (Å²) in [5, 5.41) is 8.85. The largest absolute Gasteiger partial charge is 0.478 e. The van der Waals surface area contributed by atoms with Crippen molar-refractivity contribution < 1.29 is 18.3 Å². The maximum absolute atomic E-state index is 12.0. The number of carboxylic acid groups (broad SMARTS) is 1. The summed E-state index contributed by atoms with van der Waals surface area (Å²) in [6, 6.07) is 3.82. The molecule has 8 heteroatoms. The molecule has 0 bridgehead atoms. The van der Waals surface area contributed by atoms with E-state index < -0.39 is 16.2 Å². The van der Waals surface area contributed by atoms with Gasteiger partial charge in [-0.2, -0.15) is 12.7 Å². The first-order valence-electron chi connectivity index (χ1n) is 6.05. The predicted octanol–water partition coefficient (Wildman–Crippen LogP) is 2.43. The Morgan fingerprint density at radius 1 is 1.45 bits per heavy atom. The normalized spacial score (nSPS) is 11.6. The first-order valence-corrected chi connectivity index (χ1v) is 7.86. The molecule has 0 aliphatic rings. The molecule has 0 amide bonds. The monoisotopic (exact) mass is 320 g/mol. The molecule has 0 saturated heterocycles. The van der Waals surface area contributed by atoms with E-state index in [4.69, 9.17) is 16.7 Å². The van der Waals surface area contributed by atoms with Gasteiger partial charge in [0.15, 0.2) is 0 Å². The van der Waals surface area contributed by atoms with Gasteiger partial charge in [-0.15, -0.1) is 0 Å². The Labute approximate surface area is 123 Å². The highest BCUT2D eigenvalue weighted by Crippen LogP contribution is 2.24. The number of nitrogens with zero attached hydrogens (tertiary/aromatic N) is 1. The highest BCUT2D eigenvalue weighted by atomic mass is 35.5. The average molecular weight is 321 g/mol. The van der Waals surface area contributed by atoms with Crippen LogP contribution in [0.2, 0.25) is 5.02 Å².